The minimum atomic E-state index is 0.0218. The van der Waals surface area contributed by atoms with Crippen LogP contribution in [-0.2, 0) is 17.6 Å². The van der Waals surface area contributed by atoms with Crippen molar-refractivity contribution < 1.29 is 9.59 Å². The Kier molecular flexibility index (Phi) is 4.17. The first-order valence-electron chi connectivity index (χ1n) is 9.12. The summed E-state index contributed by atoms with van der Waals surface area (Å²) in [5, 5.41) is 3.19. The van der Waals surface area contributed by atoms with E-state index in [0.29, 0.717) is 19.0 Å². The maximum absolute atomic E-state index is 12.6. The number of rotatable bonds is 2. The number of benzene rings is 1. The van der Waals surface area contributed by atoms with Crippen molar-refractivity contribution in [1.82, 2.24) is 15.1 Å². The number of nitrogens with one attached hydrogen (secondary N) is 1. The number of carbonyl (C=O) groups is 2. The molecule has 1 N–H and O–H groups in total. The highest BCUT2D eigenvalue weighted by Crippen LogP contribution is 2.31. The van der Waals surface area contributed by atoms with Crippen LogP contribution in [0.5, 0.6) is 0 Å². The smallest absolute Gasteiger partial charge is 0.317 e. The molecule has 0 radical (unpaired) electrons. The Balaban J connectivity index is 1.30. The summed E-state index contributed by atoms with van der Waals surface area (Å²) in [4.78, 5) is 28.6. The number of hydrogen-bond donors (Lipinski definition) is 1. The quantitative estimate of drug-likeness (QED) is 0.901. The average Bonchev–Trinajstić information content (AvgIpc) is 3.38. The molecule has 1 aromatic rings. The van der Waals surface area contributed by atoms with E-state index in [1.165, 1.54) is 11.1 Å². The lowest BCUT2D eigenvalue weighted by Crippen LogP contribution is -2.46. The van der Waals surface area contributed by atoms with Gasteiger partial charge in [0, 0.05) is 38.1 Å². The maximum Gasteiger partial charge on any atom is 0.317 e. The summed E-state index contributed by atoms with van der Waals surface area (Å²) in [5.41, 5.74) is 2.69. The number of urea groups is 1. The van der Waals surface area contributed by atoms with E-state index < -0.39 is 0 Å². The molecule has 5 heteroatoms. The van der Waals surface area contributed by atoms with Crippen LogP contribution >= 0.6 is 0 Å². The lowest BCUT2D eigenvalue weighted by atomic mass is 10.1. The van der Waals surface area contributed by atoms with E-state index >= 15 is 0 Å². The summed E-state index contributed by atoms with van der Waals surface area (Å²) in [6.07, 6.45) is 4.80. The van der Waals surface area contributed by atoms with Gasteiger partial charge < -0.3 is 15.1 Å². The van der Waals surface area contributed by atoms with Gasteiger partial charge in [0.2, 0.25) is 5.91 Å². The van der Waals surface area contributed by atoms with Gasteiger partial charge in [-0.2, -0.15) is 0 Å². The first-order valence-corrected chi connectivity index (χ1v) is 9.12. The Morgan fingerprint density at radius 2 is 1.54 bits per heavy atom. The second kappa shape index (κ2) is 6.46. The number of carbonyl (C=O) groups excluding carboxylic acids is 2. The number of fused-ring (bicyclic) bond motifs is 1. The van der Waals surface area contributed by atoms with Gasteiger partial charge in [0.05, 0.1) is 0 Å². The highest BCUT2D eigenvalue weighted by atomic mass is 16.2. The zero-order chi connectivity index (χ0) is 16.5. The number of nitrogens with zero attached hydrogens (tertiary/aromatic N) is 2. The van der Waals surface area contributed by atoms with Crippen LogP contribution in [0.3, 0.4) is 0 Å². The fourth-order valence-corrected chi connectivity index (χ4v) is 3.86. The molecule has 0 aromatic heterocycles. The van der Waals surface area contributed by atoms with Crippen molar-refractivity contribution in [3.8, 4) is 0 Å². The molecule has 1 saturated carbocycles. The van der Waals surface area contributed by atoms with Crippen LogP contribution in [0.4, 0.5) is 4.79 Å². The highest BCUT2D eigenvalue weighted by Gasteiger charge is 2.34. The van der Waals surface area contributed by atoms with Gasteiger partial charge in [-0.05, 0) is 43.2 Å². The Bertz CT molecular complexity index is 616. The zero-order valence-electron chi connectivity index (χ0n) is 14.0. The lowest BCUT2D eigenvalue weighted by molar-refractivity contribution is -0.132. The van der Waals surface area contributed by atoms with Gasteiger partial charge in [-0.1, -0.05) is 24.3 Å². The van der Waals surface area contributed by atoms with Crippen LogP contribution < -0.4 is 5.32 Å². The third kappa shape index (κ3) is 3.25. The number of hydrogen-bond acceptors (Lipinski definition) is 2. The summed E-state index contributed by atoms with van der Waals surface area (Å²) >= 11 is 0. The van der Waals surface area contributed by atoms with Crippen molar-refractivity contribution >= 4 is 11.9 Å². The standard InChI is InChI=1S/C19H25N3O2/c23-18(14-6-7-14)21-8-3-9-22(11-10-21)19(24)20-17-12-15-4-1-2-5-16(15)13-17/h1-2,4-5,14,17H,3,6-13H2,(H,20,24). The molecular weight excluding hydrogens is 302 g/mol. The van der Waals surface area contributed by atoms with E-state index in [9.17, 15) is 9.59 Å². The van der Waals surface area contributed by atoms with Crippen molar-refractivity contribution in [2.24, 2.45) is 5.92 Å². The van der Waals surface area contributed by atoms with E-state index in [0.717, 1.165) is 45.2 Å². The van der Waals surface area contributed by atoms with Crippen molar-refractivity contribution in [2.75, 3.05) is 26.2 Å². The van der Waals surface area contributed by atoms with Crippen LogP contribution in [0.25, 0.3) is 0 Å². The molecule has 0 bridgehead atoms. The Hall–Kier alpha value is -2.04. The van der Waals surface area contributed by atoms with Gasteiger partial charge >= 0.3 is 6.03 Å². The first kappa shape index (κ1) is 15.5. The van der Waals surface area contributed by atoms with Gasteiger partial charge in [0.1, 0.15) is 0 Å². The zero-order valence-corrected chi connectivity index (χ0v) is 14.0. The molecule has 1 aliphatic heterocycles. The minimum absolute atomic E-state index is 0.0218. The third-order valence-electron chi connectivity index (χ3n) is 5.40. The van der Waals surface area contributed by atoms with Crippen molar-refractivity contribution in [3.05, 3.63) is 35.4 Å². The van der Waals surface area contributed by atoms with Gasteiger partial charge in [-0.3, -0.25) is 4.79 Å². The normalized spacial score (nSPS) is 21.3. The molecule has 1 heterocycles. The molecule has 24 heavy (non-hydrogen) atoms. The molecule has 0 unspecified atom stereocenters. The van der Waals surface area contributed by atoms with Crippen molar-refractivity contribution in [1.29, 1.82) is 0 Å². The van der Waals surface area contributed by atoms with E-state index in [2.05, 4.69) is 29.6 Å². The average molecular weight is 327 g/mol. The largest absolute Gasteiger partial charge is 0.341 e. The highest BCUT2D eigenvalue weighted by molar-refractivity contribution is 5.81. The summed E-state index contributed by atoms with van der Waals surface area (Å²) in [6, 6.07) is 8.63. The molecule has 1 saturated heterocycles. The Labute approximate surface area is 143 Å². The maximum atomic E-state index is 12.6. The summed E-state index contributed by atoms with van der Waals surface area (Å²) < 4.78 is 0. The fourth-order valence-electron chi connectivity index (χ4n) is 3.86. The first-order chi connectivity index (χ1) is 11.7. The Morgan fingerprint density at radius 3 is 2.21 bits per heavy atom. The van der Waals surface area contributed by atoms with E-state index in [4.69, 9.17) is 0 Å². The van der Waals surface area contributed by atoms with Gasteiger partial charge in [0.15, 0.2) is 0 Å². The molecule has 4 rings (SSSR count). The summed E-state index contributed by atoms with van der Waals surface area (Å²) in [5.74, 6) is 0.561. The lowest BCUT2D eigenvalue weighted by Gasteiger charge is -2.24. The molecule has 3 amide bonds. The van der Waals surface area contributed by atoms with Crippen LogP contribution in [0.15, 0.2) is 24.3 Å². The van der Waals surface area contributed by atoms with E-state index in [-0.39, 0.29) is 18.0 Å². The molecule has 2 aliphatic carbocycles. The van der Waals surface area contributed by atoms with Crippen LogP contribution in [0.2, 0.25) is 0 Å². The molecule has 0 atom stereocenters. The van der Waals surface area contributed by atoms with Crippen molar-refractivity contribution in [3.63, 3.8) is 0 Å². The second-order valence-corrected chi connectivity index (χ2v) is 7.26. The van der Waals surface area contributed by atoms with Crippen LogP contribution in [-0.4, -0.2) is 54.0 Å². The molecule has 2 fully saturated rings. The summed E-state index contributed by atoms with van der Waals surface area (Å²) in [7, 11) is 0. The fraction of sp³-hybridized carbons (Fsp3) is 0.579. The predicted molar refractivity (Wildman–Crippen MR) is 91.7 cm³/mol. The molecule has 3 aliphatic rings. The number of amides is 3. The summed E-state index contributed by atoms with van der Waals surface area (Å²) in [6.45, 7) is 2.84. The van der Waals surface area contributed by atoms with Crippen LogP contribution in [0, 0.1) is 5.92 Å². The molecular formula is C19H25N3O2. The van der Waals surface area contributed by atoms with Gasteiger partial charge in [-0.15, -0.1) is 0 Å². The van der Waals surface area contributed by atoms with Gasteiger partial charge in [0.25, 0.3) is 0 Å². The van der Waals surface area contributed by atoms with E-state index in [1.54, 1.807) is 0 Å². The second-order valence-electron chi connectivity index (χ2n) is 7.26. The predicted octanol–water partition coefficient (Wildman–Crippen LogP) is 1.81. The minimum Gasteiger partial charge on any atom is -0.341 e. The molecule has 128 valence electrons. The molecule has 0 spiro atoms. The van der Waals surface area contributed by atoms with Crippen molar-refractivity contribution in [2.45, 2.75) is 38.1 Å². The van der Waals surface area contributed by atoms with E-state index in [1.807, 2.05) is 9.80 Å². The van der Waals surface area contributed by atoms with Gasteiger partial charge in [-0.25, -0.2) is 4.79 Å². The monoisotopic (exact) mass is 327 g/mol. The molecule has 1 aromatic carbocycles. The third-order valence-corrected chi connectivity index (χ3v) is 5.40. The topological polar surface area (TPSA) is 52.7 Å². The molecule has 5 nitrogen and oxygen atoms in total. The Morgan fingerprint density at radius 1 is 0.917 bits per heavy atom. The van der Waals surface area contributed by atoms with Crippen LogP contribution in [0.1, 0.15) is 30.4 Å². The SMILES string of the molecule is O=C(NC1Cc2ccccc2C1)N1CCCN(C(=O)C2CC2)CC1.